The van der Waals surface area contributed by atoms with Gasteiger partial charge in [0.1, 0.15) is 12.9 Å². The fourth-order valence-electron chi connectivity index (χ4n) is 4.79. The van der Waals surface area contributed by atoms with E-state index in [1.54, 1.807) is 24.3 Å². The lowest BCUT2D eigenvalue weighted by atomic mass is 9.95. The van der Waals surface area contributed by atoms with Gasteiger partial charge in [0.15, 0.2) is 17.8 Å². The van der Waals surface area contributed by atoms with Crippen molar-refractivity contribution < 1.29 is 23.1 Å². The average molecular weight is 590 g/mol. The highest BCUT2D eigenvalue weighted by Gasteiger charge is 2.39. The Labute approximate surface area is 237 Å². The Morgan fingerprint density at radius 1 is 1.07 bits per heavy atom. The Balaban J connectivity index is 1.42. The van der Waals surface area contributed by atoms with Crippen molar-refractivity contribution in [3.05, 3.63) is 81.8 Å². The van der Waals surface area contributed by atoms with Crippen LogP contribution in [0, 0.1) is 0 Å². The maximum Gasteiger partial charge on any atom is 0.416 e. The van der Waals surface area contributed by atoms with Crippen LogP contribution in [0.2, 0.25) is 5.02 Å². The molecule has 1 fully saturated rings. The van der Waals surface area contributed by atoms with Gasteiger partial charge >= 0.3 is 11.9 Å². The molecule has 10 nitrogen and oxygen atoms in total. The summed E-state index contributed by atoms with van der Waals surface area (Å²) in [6.07, 6.45) is -1.16. The van der Waals surface area contributed by atoms with E-state index in [4.69, 9.17) is 11.6 Å². The van der Waals surface area contributed by atoms with Gasteiger partial charge in [0.05, 0.1) is 17.8 Å². The van der Waals surface area contributed by atoms with E-state index < -0.39 is 24.5 Å². The highest BCUT2D eigenvalue weighted by molar-refractivity contribution is 6.30. The molecule has 2 aromatic carbocycles. The Kier molecular flexibility index (Phi) is 8.27. The molecule has 1 aliphatic rings. The lowest BCUT2D eigenvalue weighted by Crippen LogP contribution is -2.37. The maximum absolute atomic E-state index is 13.1. The molecule has 216 valence electrons. The molecule has 1 amide bonds. The van der Waals surface area contributed by atoms with E-state index in [1.807, 2.05) is 0 Å². The average Bonchev–Trinajstić information content (AvgIpc) is 3.54. The fourth-order valence-corrected chi connectivity index (χ4v) is 4.92. The quantitative estimate of drug-likeness (QED) is 0.321. The first-order valence-electron chi connectivity index (χ1n) is 13.1. The Hall–Kier alpha value is -3.97. The summed E-state index contributed by atoms with van der Waals surface area (Å²) < 4.78 is 42.5. The number of benzene rings is 2. The lowest BCUT2D eigenvalue weighted by molar-refractivity contribution is -0.207. The standard InChI is InChI=1S/C27H27ClF3N7O3/c28-18-12-10-17(11-13-18)24-35-37(26(41)36(24)14-22(39)27(29,30)31)15-23-32-16-38(34-23)21-9-5-4-8-20(21)25(40)33-19-6-2-1-3-7-19/h4-5,8-13,16,19,22,39H,1-3,6-7,14-15H2,(H,33,40)/t22-/m0/s1. The summed E-state index contributed by atoms with van der Waals surface area (Å²) in [6, 6.07) is 13.1. The van der Waals surface area contributed by atoms with Gasteiger partial charge in [-0.3, -0.25) is 9.36 Å². The number of amides is 1. The van der Waals surface area contributed by atoms with Gasteiger partial charge in [-0.2, -0.15) is 13.2 Å². The van der Waals surface area contributed by atoms with E-state index >= 15 is 0 Å². The minimum Gasteiger partial charge on any atom is -0.382 e. The molecule has 0 spiro atoms. The van der Waals surface area contributed by atoms with Crippen molar-refractivity contribution in [3.63, 3.8) is 0 Å². The van der Waals surface area contributed by atoms with E-state index in [1.165, 1.54) is 35.3 Å². The molecule has 0 unspecified atom stereocenters. The number of hydrogen-bond donors (Lipinski definition) is 2. The van der Waals surface area contributed by atoms with Gasteiger partial charge in [0.2, 0.25) is 0 Å². The predicted molar refractivity (Wildman–Crippen MR) is 144 cm³/mol. The normalized spacial score (nSPS) is 15.1. The fraction of sp³-hybridized carbons (Fsp3) is 0.370. The first-order valence-corrected chi connectivity index (χ1v) is 13.5. The van der Waals surface area contributed by atoms with Gasteiger partial charge in [0, 0.05) is 16.6 Å². The van der Waals surface area contributed by atoms with Crippen molar-refractivity contribution in [1.29, 1.82) is 0 Å². The van der Waals surface area contributed by atoms with Crippen LogP contribution < -0.4 is 11.0 Å². The number of alkyl halides is 3. The summed E-state index contributed by atoms with van der Waals surface area (Å²) in [5.74, 6) is -0.173. The smallest absolute Gasteiger partial charge is 0.382 e. The molecule has 2 heterocycles. The van der Waals surface area contributed by atoms with Crippen LogP contribution in [0.3, 0.4) is 0 Å². The molecule has 2 aromatic heterocycles. The van der Waals surface area contributed by atoms with Gasteiger partial charge in [-0.25, -0.2) is 19.1 Å². The SMILES string of the molecule is O=C(NC1CCCCC1)c1ccccc1-n1cnc(Cn2nc(-c3ccc(Cl)cc3)n(C[C@H](O)C(F)(F)F)c2=O)n1. The highest BCUT2D eigenvalue weighted by Crippen LogP contribution is 2.24. The highest BCUT2D eigenvalue weighted by atomic mass is 35.5. The van der Waals surface area contributed by atoms with Crippen LogP contribution in [0.25, 0.3) is 17.1 Å². The van der Waals surface area contributed by atoms with E-state index in [2.05, 4.69) is 20.5 Å². The maximum atomic E-state index is 13.1. The van der Waals surface area contributed by atoms with Gasteiger partial charge in [-0.05, 0) is 49.2 Å². The second-order valence-electron chi connectivity index (χ2n) is 9.87. The molecule has 0 saturated heterocycles. The third kappa shape index (κ3) is 6.51. The van der Waals surface area contributed by atoms with Gasteiger partial charge in [-0.1, -0.05) is 43.0 Å². The van der Waals surface area contributed by atoms with Crippen LogP contribution >= 0.6 is 11.6 Å². The Morgan fingerprint density at radius 3 is 2.49 bits per heavy atom. The number of halogens is 4. The van der Waals surface area contributed by atoms with Crippen LogP contribution in [0.5, 0.6) is 0 Å². The molecule has 5 rings (SSSR count). The summed E-state index contributed by atoms with van der Waals surface area (Å²) in [7, 11) is 0. The number of nitrogens with zero attached hydrogens (tertiary/aromatic N) is 6. The number of hydrogen-bond acceptors (Lipinski definition) is 6. The van der Waals surface area contributed by atoms with E-state index in [0.29, 0.717) is 21.8 Å². The third-order valence-corrected chi connectivity index (χ3v) is 7.18. The number of aliphatic hydroxyl groups is 1. The van der Waals surface area contributed by atoms with Crippen molar-refractivity contribution in [2.45, 2.75) is 63.5 Å². The number of aromatic nitrogens is 6. The largest absolute Gasteiger partial charge is 0.416 e. The van der Waals surface area contributed by atoms with E-state index in [-0.39, 0.29) is 30.1 Å². The predicted octanol–water partition coefficient (Wildman–Crippen LogP) is 3.98. The second kappa shape index (κ2) is 11.9. The molecular formula is C27H27ClF3N7O3. The van der Waals surface area contributed by atoms with Crippen LogP contribution in [-0.2, 0) is 13.1 Å². The molecule has 0 aliphatic heterocycles. The summed E-state index contributed by atoms with van der Waals surface area (Å²) in [6.45, 7) is -1.32. The molecule has 2 N–H and O–H groups in total. The van der Waals surface area contributed by atoms with Crippen molar-refractivity contribution in [1.82, 2.24) is 34.4 Å². The third-order valence-electron chi connectivity index (χ3n) is 6.92. The number of carbonyl (C=O) groups is 1. The van der Waals surface area contributed by atoms with E-state index in [0.717, 1.165) is 41.4 Å². The van der Waals surface area contributed by atoms with Crippen molar-refractivity contribution in [2.75, 3.05) is 0 Å². The number of para-hydroxylation sites is 1. The minimum atomic E-state index is -4.93. The summed E-state index contributed by atoms with van der Waals surface area (Å²) in [5.41, 5.74) is 0.326. The summed E-state index contributed by atoms with van der Waals surface area (Å²) >= 11 is 5.93. The van der Waals surface area contributed by atoms with Crippen molar-refractivity contribution >= 4 is 17.5 Å². The Bertz CT molecular complexity index is 1570. The number of rotatable bonds is 8. The van der Waals surface area contributed by atoms with Gasteiger partial charge in [-0.15, -0.1) is 10.2 Å². The Morgan fingerprint density at radius 2 is 1.78 bits per heavy atom. The summed E-state index contributed by atoms with van der Waals surface area (Å²) in [5, 5.41) is 21.8. The molecule has 4 aromatic rings. The molecule has 1 atom stereocenters. The first-order chi connectivity index (χ1) is 19.6. The van der Waals surface area contributed by atoms with E-state index in [9.17, 15) is 27.9 Å². The van der Waals surface area contributed by atoms with Crippen LogP contribution in [0.15, 0.2) is 59.7 Å². The molecular weight excluding hydrogens is 563 g/mol. The summed E-state index contributed by atoms with van der Waals surface area (Å²) in [4.78, 5) is 30.4. The zero-order valence-corrected chi connectivity index (χ0v) is 22.5. The molecule has 41 heavy (non-hydrogen) atoms. The van der Waals surface area contributed by atoms with Crippen molar-refractivity contribution in [2.24, 2.45) is 0 Å². The molecule has 1 saturated carbocycles. The second-order valence-corrected chi connectivity index (χ2v) is 10.3. The van der Waals surface area contributed by atoms with Gasteiger partial charge in [0.25, 0.3) is 5.91 Å². The van der Waals surface area contributed by atoms with Gasteiger partial charge < -0.3 is 10.4 Å². The first kappa shape index (κ1) is 28.6. The monoisotopic (exact) mass is 589 g/mol. The molecule has 0 radical (unpaired) electrons. The zero-order chi connectivity index (χ0) is 29.1. The molecule has 0 bridgehead atoms. The molecule has 1 aliphatic carbocycles. The number of nitrogens with one attached hydrogen (secondary N) is 1. The molecule has 14 heteroatoms. The van der Waals surface area contributed by atoms with Crippen LogP contribution in [-0.4, -0.2) is 58.4 Å². The number of carbonyl (C=O) groups excluding carboxylic acids is 1. The lowest BCUT2D eigenvalue weighted by Gasteiger charge is -2.23. The topological polar surface area (TPSA) is 120 Å². The zero-order valence-electron chi connectivity index (χ0n) is 21.8. The van der Waals surface area contributed by atoms with Crippen molar-refractivity contribution in [3.8, 4) is 17.1 Å². The minimum absolute atomic E-state index is 0.0841. The number of aliphatic hydroxyl groups excluding tert-OH is 1. The van der Waals surface area contributed by atoms with Crippen LogP contribution in [0.4, 0.5) is 13.2 Å². The van der Waals surface area contributed by atoms with Crippen LogP contribution in [0.1, 0.15) is 48.3 Å².